The number of fused-ring (bicyclic) bond motifs is 3. The van der Waals surface area contributed by atoms with Crippen molar-refractivity contribution in [2.24, 2.45) is 0 Å². The minimum absolute atomic E-state index is 0.319. The Morgan fingerprint density at radius 1 is 1.33 bits per heavy atom. The molecule has 0 radical (unpaired) electrons. The van der Waals surface area contributed by atoms with Crippen molar-refractivity contribution < 1.29 is 4.74 Å². The summed E-state index contributed by atoms with van der Waals surface area (Å²) in [6.07, 6.45) is 1.36. The molecule has 0 amide bonds. The van der Waals surface area contributed by atoms with Crippen LogP contribution in [-0.2, 0) is 6.42 Å². The van der Waals surface area contributed by atoms with Crippen LogP contribution < -0.4 is 4.74 Å². The normalized spacial score (nSPS) is 18.9. The van der Waals surface area contributed by atoms with Crippen molar-refractivity contribution in [3.63, 3.8) is 0 Å². The van der Waals surface area contributed by atoms with E-state index in [1.807, 2.05) is 0 Å². The van der Waals surface area contributed by atoms with Crippen LogP contribution in [0.1, 0.15) is 12.5 Å². The number of ether oxygens (including phenoxy) is 1. The van der Waals surface area contributed by atoms with Gasteiger partial charge in [-0.2, -0.15) is 0 Å². The van der Waals surface area contributed by atoms with E-state index < -0.39 is 0 Å². The maximum Gasteiger partial charge on any atom is 0.131 e. The second-order valence-electron chi connectivity index (χ2n) is 4.02. The standard InChI is InChI=1S/C13H11IO/c1-8-6-11-12(14)7-9-4-2-3-5-10(9)13(11)15-8/h2-5,7-8H,6H2,1H3. The van der Waals surface area contributed by atoms with Gasteiger partial charge >= 0.3 is 0 Å². The Hall–Kier alpha value is -0.770. The van der Waals surface area contributed by atoms with Gasteiger partial charge in [-0.25, -0.2) is 0 Å². The predicted molar refractivity (Wildman–Crippen MR) is 70.5 cm³/mol. The molecule has 2 aromatic carbocycles. The predicted octanol–water partition coefficient (Wildman–Crippen LogP) is 3.77. The van der Waals surface area contributed by atoms with Crippen molar-refractivity contribution >= 4 is 33.4 Å². The summed E-state index contributed by atoms with van der Waals surface area (Å²) in [5.41, 5.74) is 1.38. The van der Waals surface area contributed by atoms with Gasteiger partial charge in [-0.1, -0.05) is 24.3 Å². The Balaban J connectivity index is 2.38. The third-order valence-corrected chi connectivity index (χ3v) is 3.82. The number of hydrogen-bond acceptors (Lipinski definition) is 1. The summed E-state index contributed by atoms with van der Waals surface area (Å²) in [6, 6.07) is 10.7. The number of halogens is 1. The van der Waals surface area contributed by atoms with E-state index >= 15 is 0 Å². The second kappa shape index (κ2) is 3.37. The van der Waals surface area contributed by atoms with E-state index in [1.54, 1.807) is 0 Å². The van der Waals surface area contributed by atoms with Crippen LogP contribution in [0.15, 0.2) is 30.3 Å². The highest BCUT2D eigenvalue weighted by atomic mass is 127. The molecule has 0 saturated heterocycles. The van der Waals surface area contributed by atoms with Gasteiger partial charge in [0.05, 0.1) is 0 Å². The van der Waals surface area contributed by atoms with E-state index in [9.17, 15) is 0 Å². The molecule has 2 heteroatoms. The Morgan fingerprint density at radius 2 is 2.13 bits per heavy atom. The first-order valence-electron chi connectivity index (χ1n) is 5.12. The van der Waals surface area contributed by atoms with Gasteiger partial charge in [-0.05, 0) is 41.0 Å². The summed E-state index contributed by atoms with van der Waals surface area (Å²) in [5.74, 6) is 1.10. The lowest BCUT2D eigenvalue weighted by atomic mass is 10.0. The van der Waals surface area contributed by atoms with Gasteiger partial charge < -0.3 is 4.74 Å². The van der Waals surface area contributed by atoms with Gasteiger partial charge in [0, 0.05) is 20.9 Å². The molecule has 0 aliphatic carbocycles. The Bertz CT molecular complexity index is 533. The molecule has 15 heavy (non-hydrogen) atoms. The molecular formula is C13H11IO. The van der Waals surface area contributed by atoms with Crippen LogP contribution in [0, 0.1) is 3.57 Å². The van der Waals surface area contributed by atoms with Crippen LogP contribution in [0.3, 0.4) is 0 Å². The summed E-state index contributed by atoms with van der Waals surface area (Å²) >= 11 is 2.40. The van der Waals surface area contributed by atoms with Crippen molar-refractivity contribution in [1.82, 2.24) is 0 Å². The highest BCUT2D eigenvalue weighted by molar-refractivity contribution is 14.1. The topological polar surface area (TPSA) is 9.23 Å². The molecule has 3 rings (SSSR count). The Labute approximate surface area is 103 Å². The molecule has 0 spiro atoms. The van der Waals surface area contributed by atoms with Crippen LogP contribution in [0.4, 0.5) is 0 Å². The van der Waals surface area contributed by atoms with E-state index in [-0.39, 0.29) is 0 Å². The van der Waals surface area contributed by atoms with E-state index in [2.05, 4.69) is 59.8 Å². The van der Waals surface area contributed by atoms with Crippen molar-refractivity contribution in [3.05, 3.63) is 39.5 Å². The number of rotatable bonds is 0. The molecule has 1 aliphatic rings. The first-order valence-corrected chi connectivity index (χ1v) is 6.20. The highest BCUT2D eigenvalue weighted by Crippen LogP contribution is 2.39. The molecule has 1 nitrogen and oxygen atoms in total. The van der Waals surface area contributed by atoms with Crippen LogP contribution in [-0.4, -0.2) is 6.10 Å². The van der Waals surface area contributed by atoms with Crippen molar-refractivity contribution in [2.75, 3.05) is 0 Å². The lowest BCUT2D eigenvalue weighted by Crippen LogP contribution is -2.05. The molecule has 1 aliphatic heterocycles. The van der Waals surface area contributed by atoms with Gasteiger partial charge in [0.2, 0.25) is 0 Å². The minimum Gasteiger partial charge on any atom is -0.489 e. The first kappa shape index (κ1) is 9.46. The van der Waals surface area contributed by atoms with E-state index in [4.69, 9.17) is 4.74 Å². The van der Waals surface area contributed by atoms with Gasteiger partial charge in [-0.3, -0.25) is 0 Å². The van der Waals surface area contributed by atoms with Crippen molar-refractivity contribution in [3.8, 4) is 5.75 Å². The number of hydrogen-bond donors (Lipinski definition) is 0. The fourth-order valence-electron chi connectivity index (χ4n) is 2.18. The fourth-order valence-corrected chi connectivity index (χ4v) is 2.98. The molecule has 0 N–H and O–H groups in total. The van der Waals surface area contributed by atoms with Crippen molar-refractivity contribution in [2.45, 2.75) is 19.4 Å². The molecule has 1 heterocycles. The van der Waals surface area contributed by atoms with Gasteiger partial charge in [0.1, 0.15) is 11.9 Å². The molecule has 0 aromatic heterocycles. The van der Waals surface area contributed by atoms with E-state index in [0.717, 1.165) is 12.2 Å². The summed E-state index contributed by atoms with van der Waals surface area (Å²) in [6.45, 7) is 2.13. The van der Waals surface area contributed by atoms with Crippen molar-refractivity contribution in [1.29, 1.82) is 0 Å². The zero-order valence-electron chi connectivity index (χ0n) is 8.46. The lowest BCUT2D eigenvalue weighted by Gasteiger charge is -2.07. The fraction of sp³-hybridized carbons (Fsp3) is 0.231. The molecule has 0 bridgehead atoms. The molecular weight excluding hydrogens is 299 g/mol. The molecule has 1 atom stereocenters. The average Bonchev–Trinajstić information content (AvgIpc) is 2.61. The Kier molecular flexibility index (Phi) is 2.12. The quantitative estimate of drug-likeness (QED) is 0.673. The van der Waals surface area contributed by atoms with Gasteiger partial charge in [0.25, 0.3) is 0 Å². The van der Waals surface area contributed by atoms with E-state index in [1.165, 1.54) is 19.9 Å². The molecule has 76 valence electrons. The number of benzene rings is 2. The summed E-state index contributed by atoms with van der Waals surface area (Å²) in [4.78, 5) is 0. The minimum atomic E-state index is 0.319. The molecule has 1 unspecified atom stereocenters. The van der Waals surface area contributed by atoms with E-state index in [0.29, 0.717) is 6.10 Å². The van der Waals surface area contributed by atoms with Crippen LogP contribution in [0.2, 0.25) is 0 Å². The van der Waals surface area contributed by atoms with Gasteiger partial charge in [-0.15, -0.1) is 0 Å². The maximum atomic E-state index is 5.90. The summed E-state index contributed by atoms with van der Waals surface area (Å²) in [5, 5.41) is 2.52. The van der Waals surface area contributed by atoms with Crippen LogP contribution >= 0.6 is 22.6 Å². The first-order chi connectivity index (χ1) is 7.25. The van der Waals surface area contributed by atoms with Crippen LogP contribution in [0.25, 0.3) is 10.8 Å². The molecule has 2 aromatic rings. The second-order valence-corrected chi connectivity index (χ2v) is 5.18. The summed E-state index contributed by atoms with van der Waals surface area (Å²) < 4.78 is 7.22. The maximum absolute atomic E-state index is 5.90. The smallest absolute Gasteiger partial charge is 0.131 e. The largest absolute Gasteiger partial charge is 0.489 e. The Morgan fingerprint density at radius 3 is 3.00 bits per heavy atom. The highest BCUT2D eigenvalue weighted by Gasteiger charge is 2.23. The summed E-state index contributed by atoms with van der Waals surface area (Å²) in [7, 11) is 0. The SMILES string of the molecule is CC1Cc2c(I)cc3ccccc3c2O1. The monoisotopic (exact) mass is 310 g/mol. The molecule has 0 fully saturated rings. The lowest BCUT2D eigenvalue weighted by molar-refractivity contribution is 0.257. The third-order valence-electron chi connectivity index (χ3n) is 2.86. The average molecular weight is 310 g/mol. The zero-order chi connectivity index (χ0) is 10.4. The zero-order valence-corrected chi connectivity index (χ0v) is 10.6. The molecule has 0 saturated carbocycles. The van der Waals surface area contributed by atoms with Crippen LogP contribution in [0.5, 0.6) is 5.75 Å². The van der Waals surface area contributed by atoms with Gasteiger partial charge in [0.15, 0.2) is 0 Å². The third kappa shape index (κ3) is 1.42.